The zero-order valence-electron chi connectivity index (χ0n) is 12.1. The van der Waals surface area contributed by atoms with E-state index in [4.69, 9.17) is 23.2 Å². The maximum atomic E-state index is 12.5. The van der Waals surface area contributed by atoms with Crippen LogP contribution in [-0.4, -0.2) is 15.5 Å². The molecule has 5 nitrogen and oxygen atoms in total. The van der Waals surface area contributed by atoms with Crippen molar-refractivity contribution in [2.45, 2.75) is 6.54 Å². The first kappa shape index (κ1) is 17.2. The normalized spacial score (nSPS) is 10.8. The van der Waals surface area contributed by atoms with Gasteiger partial charge in [-0.3, -0.25) is 14.2 Å². The van der Waals surface area contributed by atoms with Crippen molar-refractivity contribution in [3.05, 3.63) is 66.7 Å². The van der Waals surface area contributed by atoms with E-state index in [1.54, 1.807) is 12.1 Å². The zero-order chi connectivity index (χ0) is 17.3. The maximum absolute atomic E-state index is 12.5. The first-order valence-electron chi connectivity index (χ1n) is 6.83. The number of fused-ring (bicyclic) bond motifs is 1. The Balaban J connectivity index is 1.87. The minimum atomic E-state index is -0.373. The van der Waals surface area contributed by atoms with Crippen LogP contribution in [-0.2, 0) is 11.3 Å². The number of anilines is 1. The second-order valence-electron chi connectivity index (χ2n) is 5.02. The third-order valence-electron chi connectivity index (χ3n) is 3.29. The predicted molar refractivity (Wildman–Crippen MR) is 104 cm³/mol. The van der Waals surface area contributed by atoms with E-state index < -0.39 is 0 Å². The summed E-state index contributed by atoms with van der Waals surface area (Å²) in [4.78, 5) is 28.8. The van der Waals surface area contributed by atoms with Crippen LogP contribution in [0.4, 0.5) is 5.69 Å². The molecule has 3 aromatic rings. The summed E-state index contributed by atoms with van der Waals surface area (Å²) >= 11 is 14.1. The molecule has 1 amide bonds. The molecular weight excluding hydrogens is 464 g/mol. The van der Waals surface area contributed by atoms with Crippen LogP contribution in [0.5, 0.6) is 0 Å². The first-order valence-corrected chi connectivity index (χ1v) is 8.67. The fourth-order valence-corrected chi connectivity index (χ4v) is 3.10. The molecule has 2 aromatic carbocycles. The molecule has 0 aliphatic heterocycles. The Labute approximate surface area is 160 Å². The Bertz CT molecular complexity index is 987. The Morgan fingerprint density at radius 3 is 2.62 bits per heavy atom. The third-order valence-corrected chi connectivity index (χ3v) is 4.51. The van der Waals surface area contributed by atoms with E-state index in [1.807, 2.05) is 12.1 Å². The topological polar surface area (TPSA) is 64.0 Å². The second kappa shape index (κ2) is 7.08. The standard InChI is InChI=1S/C16H10Cl2IN3O2/c17-9-5-12-15(13(18)6-9)20-8-22(16(12)24)7-14(23)21-11-3-1-10(19)2-4-11/h1-6,8H,7H2,(H,21,23). The quantitative estimate of drug-likeness (QED) is 0.586. The molecule has 122 valence electrons. The van der Waals surface area contributed by atoms with Crippen molar-refractivity contribution in [2.75, 3.05) is 5.32 Å². The molecule has 24 heavy (non-hydrogen) atoms. The summed E-state index contributed by atoms with van der Waals surface area (Å²) in [5, 5.41) is 3.65. The number of halogens is 3. The molecule has 1 aromatic heterocycles. The number of nitrogens with zero attached hydrogens (tertiary/aromatic N) is 2. The molecule has 1 heterocycles. The number of benzene rings is 2. The number of carbonyl (C=O) groups is 1. The number of amides is 1. The first-order chi connectivity index (χ1) is 11.4. The average molecular weight is 474 g/mol. The van der Waals surface area contributed by atoms with E-state index in [0.29, 0.717) is 21.2 Å². The summed E-state index contributed by atoms with van der Waals surface area (Å²) in [6.07, 6.45) is 1.30. The molecule has 0 saturated heterocycles. The van der Waals surface area contributed by atoms with Crippen LogP contribution in [0.1, 0.15) is 0 Å². The van der Waals surface area contributed by atoms with Crippen molar-refractivity contribution in [1.82, 2.24) is 9.55 Å². The van der Waals surface area contributed by atoms with Gasteiger partial charge in [0.25, 0.3) is 5.56 Å². The van der Waals surface area contributed by atoms with E-state index in [-0.39, 0.29) is 23.4 Å². The van der Waals surface area contributed by atoms with Gasteiger partial charge < -0.3 is 5.32 Å². The van der Waals surface area contributed by atoms with Crippen LogP contribution in [0.25, 0.3) is 10.9 Å². The van der Waals surface area contributed by atoms with Crippen LogP contribution in [0, 0.1) is 3.57 Å². The lowest BCUT2D eigenvalue weighted by atomic mass is 10.2. The monoisotopic (exact) mass is 473 g/mol. The highest BCUT2D eigenvalue weighted by Gasteiger charge is 2.11. The van der Waals surface area contributed by atoms with Crippen molar-refractivity contribution in [2.24, 2.45) is 0 Å². The highest BCUT2D eigenvalue weighted by atomic mass is 127. The van der Waals surface area contributed by atoms with Crippen LogP contribution in [0.3, 0.4) is 0 Å². The van der Waals surface area contributed by atoms with Gasteiger partial charge in [0.05, 0.1) is 22.3 Å². The van der Waals surface area contributed by atoms with Crippen molar-refractivity contribution >= 4 is 68.3 Å². The van der Waals surface area contributed by atoms with E-state index in [0.717, 1.165) is 3.57 Å². The molecule has 0 saturated carbocycles. The lowest BCUT2D eigenvalue weighted by Gasteiger charge is -2.09. The van der Waals surface area contributed by atoms with Gasteiger partial charge in [-0.1, -0.05) is 23.2 Å². The number of nitrogens with one attached hydrogen (secondary N) is 1. The van der Waals surface area contributed by atoms with Crippen molar-refractivity contribution in [3.8, 4) is 0 Å². The Morgan fingerprint density at radius 1 is 1.21 bits per heavy atom. The fourth-order valence-electron chi connectivity index (χ4n) is 2.20. The molecule has 8 heteroatoms. The summed E-state index contributed by atoms with van der Waals surface area (Å²) in [5.74, 6) is -0.326. The van der Waals surface area contributed by atoms with Gasteiger partial charge in [-0.05, 0) is 59.0 Å². The summed E-state index contributed by atoms with van der Waals surface area (Å²) in [6.45, 7) is -0.155. The largest absolute Gasteiger partial charge is 0.325 e. The number of aromatic nitrogens is 2. The second-order valence-corrected chi connectivity index (χ2v) is 7.11. The van der Waals surface area contributed by atoms with Gasteiger partial charge in [-0.15, -0.1) is 0 Å². The van der Waals surface area contributed by atoms with E-state index >= 15 is 0 Å². The molecule has 0 bridgehead atoms. The van der Waals surface area contributed by atoms with Gasteiger partial charge in [0, 0.05) is 14.3 Å². The van der Waals surface area contributed by atoms with E-state index in [9.17, 15) is 9.59 Å². The van der Waals surface area contributed by atoms with Crippen LogP contribution < -0.4 is 10.9 Å². The summed E-state index contributed by atoms with van der Waals surface area (Å²) in [6, 6.07) is 10.4. The molecule has 0 spiro atoms. The van der Waals surface area contributed by atoms with Crippen LogP contribution in [0.15, 0.2) is 47.5 Å². The fraction of sp³-hybridized carbons (Fsp3) is 0.0625. The molecule has 3 rings (SSSR count). The minimum absolute atomic E-state index is 0.155. The van der Waals surface area contributed by atoms with Gasteiger partial charge in [-0.2, -0.15) is 0 Å². The molecular formula is C16H10Cl2IN3O2. The summed E-state index contributed by atoms with van der Waals surface area (Å²) in [5.41, 5.74) is 0.649. The van der Waals surface area contributed by atoms with Crippen LogP contribution in [0.2, 0.25) is 10.0 Å². The molecule has 0 radical (unpaired) electrons. The lowest BCUT2D eigenvalue weighted by Crippen LogP contribution is -2.28. The number of rotatable bonds is 3. The number of hydrogen-bond donors (Lipinski definition) is 1. The van der Waals surface area contributed by atoms with Gasteiger partial charge in [0.1, 0.15) is 6.54 Å². The number of hydrogen-bond acceptors (Lipinski definition) is 3. The summed E-state index contributed by atoms with van der Waals surface area (Å²) < 4.78 is 2.28. The van der Waals surface area contributed by atoms with Gasteiger partial charge >= 0.3 is 0 Å². The van der Waals surface area contributed by atoms with Crippen molar-refractivity contribution < 1.29 is 4.79 Å². The van der Waals surface area contributed by atoms with Gasteiger partial charge in [0.2, 0.25) is 5.91 Å². The summed E-state index contributed by atoms with van der Waals surface area (Å²) in [7, 11) is 0. The molecule has 0 unspecified atom stereocenters. The molecule has 0 atom stereocenters. The molecule has 0 aliphatic carbocycles. The van der Waals surface area contributed by atoms with Gasteiger partial charge in [-0.25, -0.2) is 4.98 Å². The molecule has 0 aliphatic rings. The minimum Gasteiger partial charge on any atom is -0.325 e. The Hall–Kier alpha value is -1.64. The SMILES string of the molecule is O=C(Cn1cnc2c(Cl)cc(Cl)cc2c1=O)Nc1ccc(I)cc1. The van der Waals surface area contributed by atoms with E-state index in [1.165, 1.54) is 23.0 Å². The highest BCUT2D eigenvalue weighted by Crippen LogP contribution is 2.23. The van der Waals surface area contributed by atoms with Gasteiger partial charge in [0.15, 0.2) is 0 Å². The smallest absolute Gasteiger partial charge is 0.261 e. The Kier molecular flexibility index (Phi) is 5.07. The Morgan fingerprint density at radius 2 is 1.92 bits per heavy atom. The predicted octanol–water partition coefficient (Wildman–Crippen LogP) is 3.95. The molecule has 1 N–H and O–H groups in total. The van der Waals surface area contributed by atoms with Crippen LogP contribution >= 0.6 is 45.8 Å². The lowest BCUT2D eigenvalue weighted by molar-refractivity contribution is -0.116. The maximum Gasteiger partial charge on any atom is 0.261 e. The third kappa shape index (κ3) is 3.71. The average Bonchev–Trinajstić information content (AvgIpc) is 2.53. The molecule has 0 fully saturated rings. The zero-order valence-corrected chi connectivity index (χ0v) is 15.8. The highest BCUT2D eigenvalue weighted by molar-refractivity contribution is 14.1. The number of carbonyl (C=O) groups excluding carboxylic acids is 1. The van der Waals surface area contributed by atoms with E-state index in [2.05, 4.69) is 32.9 Å². The van der Waals surface area contributed by atoms with Crippen molar-refractivity contribution in [3.63, 3.8) is 0 Å². The van der Waals surface area contributed by atoms with Crippen molar-refractivity contribution in [1.29, 1.82) is 0 Å².